The van der Waals surface area contributed by atoms with Gasteiger partial charge in [0.05, 0.1) is 16.6 Å². The van der Waals surface area contributed by atoms with Crippen molar-refractivity contribution in [2.75, 3.05) is 0 Å². The molecule has 3 aliphatic carbocycles. The first-order valence-electron chi connectivity index (χ1n) is 13.0. The monoisotopic (exact) mass is 441 g/mol. The van der Waals surface area contributed by atoms with Crippen LogP contribution in [0.5, 0.6) is 0 Å². The molecule has 1 aromatic rings. The van der Waals surface area contributed by atoms with Gasteiger partial charge in [-0.15, -0.1) is 0 Å². The van der Waals surface area contributed by atoms with Crippen molar-refractivity contribution in [3.8, 4) is 35.5 Å². The summed E-state index contributed by atoms with van der Waals surface area (Å²) in [5, 5.41) is 0. The Kier molecular flexibility index (Phi) is 7.51. The van der Waals surface area contributed by atoms with Gasteiger partial charge in [0.25, 0.3) is 0 Å². The number of hydrogen-bond acceptors (Lipinski definition) is 3. The highest BCUT2D eigenvalue weighted by molar-refractivity contribution is 5.52. The number of hydrogen-bond donors (Lipinski definition) is 3. The summed E-state index contributed by atoms with van der Waals surface area (Å²) < 4.78 is 0. The maximum absolute atomic E-state index is 6.57. The van der Waals surface area contributed by atoms with E-state index in [0.717, 1.165) is 93.7 Å². The highest BCUT2D eigenvalue weighted by Crippen LogP contribution is 2.27. The smallest absolute Gasteiger partial charge is 0.0779 e. The van der Waals surface area contributed by atoms with Crippen molar-refractivity contribution in [2.24, 2.45) is 17.2 Å². The zero-order valence-electron chi connectivity index (χ0n) is 20.1. The molecule has 6 N–H and O–H groups in total. The van der Waals surface area contributed by atoms with E-state index < -0.39 is 0 Å². The van der Waals surface area contributed by atoms with Crippen LogP contribution in [0, 0.1) is 35.5 Å². The number of nitrogens with two attached hydrogens (primary N) is 3. The summed E-state index contributed by atoms with van der Waals surface area (Å²) >= 11 is 0. The second-order valence-electron chi connectivity index (χ2n) is 10.7. The second kappa shape index (κ2) is 10.4. The Labute approximate surface area is 200 Å². The third-order valence-electron chi connectivity index (χ3n) is 7.54. The van der Waals surface area contributed by atoms with Gasteiger partial charge in [0.1, 0.15) is 0 Å². The summed E-state index contributed by atoms with van der Waals surface area (Å²) in [4.78, 5) is 0. The van der Waals surface area contributed by atoms with Gasteiger partial charge in [0.2, 0.25) is 0 Å². The fourth-order valence-corrected chi connectivity index (χ4v) is 5.36. The molecule has 0 heterocycles. The topological polar surface area (TPSA) is 78.1 Å². The van der Waals surface area contributed by atoms with Gasteiger partial charge >= 0.3 is 0 Å². The van der Waals surface area contributed by atoms with Gasteiger partial charge in [0.15, 0.2) is 0 Å². The van der Waals surface area contributed by atoms with Crippen LogP contribution in [-0.2, 0) is 0 Å². The van der Waals surface area contributed by atoms with Crippen molar-refractivity contribution in [2.45, 2.75) is 113 Å². The Morgan fingerprint density at radius 2 is 0.667 bits per heavy atom. The lowest BCUT2D eigenvalue weighted by atomic mass is 9.82. The molecule has 0 atom stereocenters. The zero-order valence-corrected chi connectivity index (χ0v) is 20.1. The molecule has 0 aromatic heterocycles. The molecule has 0 amide bonds. The van der Waals surface area contributed by atoms with Gasteiger partial charge in [0, 0.05) is 16.7 Å². The Hall–Kier alpha value is -2.22. The maximum atomic E-state index is 6.57. The van der Waals surface area contributed by atoms with Crippen LogP contribution in [0.3, 0.4) is 0 Å². The van der Waals surface area contributed by atoms with E-state index in [1.165, 1.54) is 19.3 Å². The molecule has 1 aromatic carbocycles. The molecule has 0 saturated heterocycles. The molecule has 3 saturated carbocycles. The third kappa shape index (κ3) is 6.88. The third-order valence-corrected chi connectivity index (χ3v) is 7.54. The van der Waals surface area contributed by atoms with Crippen LogP contribution in [-0.4, -0.2) is 16.6 Å². The molecule has 0 radical (unpaired) electrons. The van der Waals surface area contributed by atoms with E-state index in [2.05, 4.69) is 53.7 Å². The normalized spacial score (nSPS) is 23.0. The minimum Gasteiger partial charge on any atom is -0.315 e. The van der Waals surface area contributed by atoms with E-state index in [1.54, 1.807) is 0 Å². The molecule has 0 bridgehead atoms. The van der Waals surface area contributed by atoms with Gasteiger partial charge in [-0.05, 0) is 56.7 Å². The predicted octanol–water partition coefficient (Wildman–Crippen LogP) is 4.73. The van der Waals surface area contributed by atoms with Crippen molar-refractivity contribution in [1.82, 2.24) is 0 Å². The Morgan fingerprint density at radius 3 is 0.909 bits per heavy atom. The van der Waals surface area contributed by atoms with E-state index >= 15 is 0 Å². The Bertz CT molecular complexity index is 870. The summed E-state index contributed by atoms with van der Waals surface area (Å²) in [5.41, 5.74) is 21.3. The van der Waals surface area contributed by atoms with E-state index in [1.807, 2.05) is 0 Å². The highest BCUT2D eigenvalue weighted by Gasteiger charge is 2.26. The van der Waals surface area contributed by atoms with Crippen molar-refractivity contribution in [3.05, 3.63) is 34.9 Å². The van der Waals surface area contributed by atoms with Gasteiger partial charge in [-0.3, -0.25) is 0 Å². The first kappa shape index (κ1) is 23.9. The molecule has 3 heteroatoms. The largest absolute Gasteiger partial charge is 0.315 e. The molecule has 3 aliphatic rings. The molecule has 0 unspecified atom stereocenters. The van der Waals surface area contributed by atoms with E-state index in [4.69, 9.17) is 17.2 Å². The quantitative estimate of drug-likeness (QED) is 0.510. The average molecular weight is 442 g/mol. The van der Waals surface area contributed by atoms with Gasteiger partial charge < -0.3 is 17.2 Å². The number of rotatable bonds is 0. The van der Waals surface area contributed by atoms with Crippen LogP contribution < -0.4 is 17.2 Å². The second-order valence-corrected chi connectivity index (χ2v) is 10.7. The summed E-state index contributed by atoms with van der Waals surface area (Å²) in [6.07, 6.45) is 16.5. The molecule has 3 fully saturated rings. The molecule has 0 aliphatic heterocycles. The first-order chi connectivity index (χ1) is 15.9. The van der Waals surface area contributed by atoms with Crippen LogP contribution in [0.4, 0.5) is 0 Å². The Morgan fingerprint density at radius 1 is 0.424 bits per heavy atom. The zero-order chi connectivity index (χ0) is 23.2. The summed E-state index contributed by atoms with van der Waals surface area (Å²) in [6.45, 7) is 0. The lowest BCUT2D eigenvalue weighted by molar-refractivity contribution is 0.370. The molecule has 3 nitrogen and oxygen atoms in total. The van der Waals surface area contributed by atoms with E-state index in [9.17, 15) is 0 Å². The van der Waals surface area contributed by atoms with Crippen LogP contribution in [0.25, 0.3) is 0 Å². The van der Waals surface area contributed by atoms with Crippen LogP contribution in [0.15, 0.2) is 18.2 Å². The van der Waals surface area contributed by atoms with E-state index in [0.29, 0.717) is 0 Å². The molecule has 33 heavy (non-hydrogen) atoms. The van der Waals surface area contributed by atoms with Gasteiger partial charge in [-0.2, -0.15) is 0 Å². The standard InChI is InChI=1S/C30H39N3/c31-28(13-4-1-5-14-28)19-10-25-22-26(11-20-29(32)15-6-2-7-16-29)24-27(23-25)12-21-30(33)17-8-3-9-18-30/h22-24H,1-9,13-18,31-33H2. The lowest BCUT2D eigenvalue weighted by Gasteiger charge is -2.28. The Balaban J connectivity index is 1.65. The SMILES string of the molecule is NC1(C#Cc2cc(C#CC3(N)CCCCC3)cc(C#CC3(N)CCCCC3)c2)CCCCC1. The van der Waals surface area contributed by atoms with Crippen LogP contribution >= 0.6 is 0 Å². The molecular weight excluding hydrogens is 402 g/mol. The maximum Gasteiger partial charge on any atom is 0.0779 e. The molecule has 174 valence electrons. The van der Waals surface area contributed by atoms with Gasteiger partial charge in [-0.25, -0.2) is 0 Å². The predicted molar refractivity (Wildman–Crippen MR) is 137 cm³/mol. The number of benzene rings is 1. The van der Waals surface area contributed by atoms with Crippen molar-refractivity contribution >= 4 is 0 Å². The van der Waals surface area contributed by atoms with Crippen LogP contribution in [0.1, 0.15) is 113 Å². The van der Waals surface area contributed by atoms with E-state index in [-0.39, 0.29) is 16.6 Å². The highest BCUT2D eigenvalue weighted by atomic mass is 14.7. The molecule has 4 rings (SSSR count). The van der Waals surface area contributed by atoms with Crippen molar-refractivity contribution in [3.63, 3.8) is 0 Å². The summed E-state index contributed by atoms with van der Waals surface area (Å²) in [6, 6.07) is 6.17. The summed E-state index contributed by atoms with van der Waals surface area (Å²) in [7, 11) is 0. The van der Waals surface area contributed by atoms with Crippen molar-refractivity contribution < 1.29 is 0 Å². The fourth-order valence-electron chi connectivity index (χ4n) is 5.36. The van der Waals surface area contributed by atoms with Crippen molar-refractivity contribution in [1.29, 1.82) is 0 Å². The first-order valence-corrected chi connectivity index (χ1v) is 13.0. The lowest BCUT2D eigenvalue weighted by Crippen LogP contribution is -2.40. The molecular formula is C30H39N3. The van der Waals surface area contributed by atoms with Gasteiger partial charge in [-0.1, -0.05) is 93.3 Å². The average Bonchev–Trinajstić information content (AvgIpc) is 2.82. The minimum absolute atomic E-state index is 0.376. The minimum atomic E-state index is -0.376. The van der Waals surface area contributed by atoms with Crippen LogP contribution in [0.2, 0.25) is 0 Å². The molecule has 0 spiro atoms. The summed E-state index contributed by atoms with van der Waals surface area (Å²) in [5.74, 6) is 20.2. The fraction of sp³-hybridized carbons (Fsp3) is 0.600.